The normalized spacial score (nSPS) is 16.3. The van der Waals surface area contributed by atoms with Crippen LogP contribution in [0.25, 0.3) is 0 Å². The van der Waals surface area contributed by atoms with E-state index in [-0.39, 0.29) is 24.3 Å². The van der Waals surface area contributed by atoms with Crippen molar-refractivity contribution in [3.05, 3.63) is 94.0 Å². The van der Waals surface area contributed by atoms with Gasteiger partial charge in [-0.2, -0.15) is 0 Å². The van der Waals surface area contributed by atoms with Crippen molar-refractivity contribution in [1.29, 1.82) is 0 Å². The van der Waals surface area contributed by atoms with Crippen molar-refractivity contribution in [3.63, 3.8) is 0 Å². The summed E-state index contributed by atoms with van der Waals surface area (Å²) in [5, 5.41) is 4.02. The van der Waals surface area contributed by atoms with E-state index < -0.39 is 5.54 Å². The van der Waals surface area contributed by atoms with Crippen molar-refractivity contribution in [1.82, 2.24) is 15.1 Å². The SMILES string of the molecule is COc1ccc(C(=O)N2CCC3(CC2)C(=O)N(CC(=O)NCCc2ccc(Cl)cc2Cl)CN3c2ccccc2)cc1. The Morgan fingerprint density at radius 1 is 0.976 bits per heavy atom. The fourth-order valence-corrected chi connectivity index (χ4v) is 6.11. The Bertz CT molecular complexity index is 1410. The second kappa shape index (κ2) is 12.4. The van der Waals surface area contributed by atoms with Gasteiger partial charge in [0.1, 0.15) is 17.8 Å². The lowest BCUT2D eigenvalue weighted by Gasteiger charge is -2.43. The molecule has 3 amide bonds. The minimum absolute atomic E-state index is 0.0488. The first-order chi connectivity index (χ1) is 19.8. The largest absolute Gasteiger partial charge is 0.497 e. The molecule has 2 aliphatic rings. The van der Waals surface area contributed by atoms with Crippen LogP contribution in [0.3, 0.4) is 0 Å². The maximum Gasteiger partial charge on any atom is 0.253 e. The summed E-state index contributed by atoms with van der Waals surface area (Å²) in [5.74, 6) is 0.290. The summed E-state index contributed by atoms with van der Waals surface area (Å²) in [7, 11) is 1.59. The van der Waals surface area contributed by atoms with E-state index in [9.17, 15) is 14.4 Å². The van der Waals surface area contributed by atoms with Gasteiger partial charge in [-0.05, 0) is 73.4 Å². The summed E-state index contributed by atoms with van der Waals surface area (Å²) < 4.78 is 5.20. The Balaban J connectivity index is 1.25. The average molecular weight is 596 g/mol. The number of amides is 3. The average Bonchev–Trinajstić information content (AvgIpc) is 3.25. The molecule has 10 heteroatoms. The molecule has 1 spiro atoms. The first kappa shape index (κ1) is 28.8. The molecule has 1 N–H and O–H groups in total. The number of carbonyl (C=O) groups is 3. The van der Waals surface area contributed by atoms with Gasteiger partial charge in [0, 0.05) is 40.9 Å². The molecule has 5 rings (SSSR count). The highest BCUT2D eigenvalue weighted by molar-refractivity contribution is 6.35. The molecular weight excluding hydrogens is 563 g/mol. The van der Waals surface area contributed by atoms with Crippen LogP contribution in [-0.2, 0) is 16.0 Å². The molecule has 3 aromatic carbocycles. The van der Waals surface area contributed by atoms with Gasteiger partial charge in [-0.15, -0.1) is 0 Å². The molecule has 41 heavy (non-hydrogen) atoms. The highest BCUT2D eigenvalue weighted by atomic mass is 35.5. The molecule has 0 unspecified atom stereocenters. The second-order valence-electron chi connectivity index (χ2n) is 10.3. The van der Waals surface area contributed by atoms with E-state index in [1.165, 1.54) is 0 Å². The highest BCUT2D eigenvalue weighted by Gasteiger charge is 2.54. The molecule has 3 aromatic rings. The van der Waals surface area contributed by atoms with E-state index in [0.717, 1.165) is 11.3 Å². The number of anilines is 1. The monoisotopic (exact) mass is 594 g/mol. The summed E-state index contributed by atoms with van der Waals surface area (Å²) in [6.45, 7) is 1.50. The van der Waals surface area contributed by atoms with Gasteiger partial charge < -0.3 is 24.8 Å². The van der Waals surface area contributed by atoms with E-state index in [0.29, 0.717) is 66.9 Å². The third-order valence-corrected chi connectivity index (χ3v) is 8.45. The van der Waals surface area contributed by atoms with Gasteiger partial charge in [0.2, 0.25) is 5.91 Å². The van der Waals surface area contributed by atoms with Crippen LogP contribution in [0.15, 0.2) is 72.8 Å². The number of piperidine rings is 1. The van der Waals surface area contributed by atoms with Crippen molar-refractivity contribution in [2.24, 2.45) is 0 Å². The van der Waals surface area contributed by atoms with Gasteiger partial charge in [-0.3, -0.25) is 14.4 Å². The molecule has 0 saturated carbocycles. The zero-order valence-corrected chi connectivity index (χ0v) is 24.3. The number of rotatable bonds is 8. The molecule has 0 bridgehead atoms. The molecule has 8 nitrogen and oxygen atoms in total. The van der Waals surface area contributed by atoms with Crippen molar-refractivity contribution < 1.29 is 19.1 Å². The van der Waals surface area contributed by atoms with Crippen molar-refractivity contribution >= 4 is 46.6 Å². The van der Waals surface area contributed by atoms with Gasteiger partial charge in [0.15, 0.2) is 0 Å². The molecule has 0 radical (unpaired) electrons. The van der Waals surface area contributed by atoms with E-state index >= 15 is 0 Å². The molecule has 2 fully saturated rings. The zero-order valence-electron chi connectivity index (χ0n) is 22.8. The summed E-state index contributed by atoms with van der Waals surface area (Å²) in [4.78, 5) is 45.5. The lowest BCUT2D eigenvalue weighted by atomic mass is 9.85. The van der Waals surface area contributed by atoms with Gasteiger partial charge in [0.25, 0.3) is 11.8 Å². The van der Waals surface area contributed by atoms with Crippen LogP contribution >= 0.6 is 23.2 Å². The summed E-state index contributed by atoms with van der Waals surface area (Å²) in [6, 6.07) is 22.1. The number of nitrogens with one attached hydrogen (secondary N) is 1. The Morgan fingerprint density at radius 3 is 2.34 bits per heavy atom. The van der Waals surface area contributed by atoms with Crippen molar-refractivity contribution in [2.75, 3.05) is 44.9 Å². The second-order valence-corrected chi connectivity index (χ2v) is 11.1. The number of hydrogen-bond acceptors (Lipinski definition) is 5. The smallest absolute Gasteiger partial charge is 0.253 e. The van der Waals surface area contributed by atoms with Gasteiger partial charge in [0.05, 0.1) is 13.8 Å². The molecule has 0 aliphatic carbocycles. The van der Waals surface area contributed by atoms with Crippen LogP contribution in [0.2, 0.25) is 10.0 Å². The molecule has 2 aliphatic heterocycles. The quantitative estimate of drug-likeness (QED) is 0.411. The number of ether oxygens (including phenoxy) is 1. The van der Waals surface area contributed by atoms with Gasteiger partial charge in [-0.25, -0.2) is 0 Å². The predicted octanol–water partition coefficient (Wildman–Crippen LogP) is 4.64. The van der Waals surface area contributed by atoms with E-state index in [1.807, 2.05) is 36.4 Å². The zero-order chi connectivity index (χ0) is 29.0. The van der Waals surface area contributed by atoms with E-state index in [4.69, 9.17) is 27.9 Å². The summed E-state index contributed by atoms with van der Waals surface area (Å²) in [6.07, 6.45) is 1.49. The van der Waals surface area contributed by atoms with Crippen LogP contribution in [-0.4, -0.2) is 73.0 Å². The van der Waals surface area contributed by atoms with Gasteiger partial charge in [-0.1, -0.05) is 47.5 Å². The third kappa shape index (κ3) is 6.14. The molecule has 2 heterocycles. The lowest BCUT2D eigenvalue weighted by molar-refractivity contribution is -0.137. The maximum atomic E-state index is 13.9. The highest BCUT2D eigenvalue weighted by Crippen LogP contribution is 2.39. The number of benzene rings is 3. The van der Waals surface area contributed by atoms with Crippen LogP contribution in [0.1, 0.15) is 28.8 Å². The first-order valence-electron chi connectivity index (χ1n) is 13.6. The minimum atomic E-state index is -0.824. The minimum Gasteiger partial charge on any atom is -0.497 e. The Hall–Kier alpha value is -3.75. The van der Waals surface area contributed by atoms with Crippen molar-refractivity contribution in [2.45, 2.75) is 24.8 Å². The number of hydrogen-bond donors (Lipinski definition) is 1. The topological polar surface area (TPSA) is 82.2 Å². The van der Waals surface area contributed by atoms with E-state index in [2.05, 4.69) is 10.2 Å². The fraction of sp³-hybridized carbons (Fsp3) is 0.323. The molecule has 0 aromatic heterocycles. The lowest BCUT2D eigenvalue weighted by Crippen LogP contribution is -2.57. The number of likely N-dealkylation sites (tertiary alicyclic amines) is 1. The van der Waals surface area contributed by atoms with Gasteiger partial charge >= 0.3 is 0 Å². The first-order valence-corrected chi connectivity index (χ1v) is 14.3. The molecular formula is C31H32Cl2N4O4. The van der Waals surface area contributed by atoms with Crippen LogP contribution < -0.4 is 15.0 Å². The predicted molar refractivity (Wildman–Crippen MR) is 160 cm³/mol. The summed E-state index contributed by atoms with van der Waals surface area (Å²) in [5.41, 5.74) is 1.56. The number of para-hydroxylation sites is 1. The number of methoxy groups -OCH3 is 1. The van der Waals surface area contributed by atoms with E-state index in [1.54, 1.807) is 53.3 Å². The summed E-state index contributed by atoms with van der Waals surface area (Å²) >= 11 is 12.2. The molecule has 2 saturated heterocycles. The number of halogens is 2. The van der Waals surface area contributed by atoms with Crippen molar-refractivity contribution in [3.8, 4) is 5.75 Å². The molecule has 0 atom stereocenters. The third-order valence-electron chi connectivity index (χ3n) is 7.86. The fourth-order valence-electron chi connectivity index (χ4n) is 5.61. The van der Waals surface area contributed by atoms with Crippen LogP contribution in [0.4, 0.5) is 5.69 Å². The number of nitrogens with zero attached hydrogens (tertiary/aromatic N) is 3. The standard InChI is InChI=1S/C31H32Cl2N4O4/c1-41-26-11-8-23(9-12-26)29(39)35-17-14-31(15-18-35)30(40)36(21-37(31)25-5-3-2-4-6-25)20-28(38)34-16-13-22-7-10-24(32)19-27(22)33/h2-12,19H,13-18,20-21H2,1H3,(H,34,38). The van der Waals surface area contributed by atoms with Crippen LogP contribution in [0, 0.1) is 0 Å². The molecule has 214 valence electrons. The Labute approximate surface area is 249 Å². The number of carbonyl (C=O) groups excluding carboxylic acids is 3. The maximum absolute atomic E-state index is 13.9. The Morgan fingerprint density at radius 2 is 1.68 bits per heavy atom. The Kier molecular flexibility index (Phi) is 8.71. The van der Waals surface area contributed by atoms with Crippen LogP contribution in [0.5, 0.6) is 5.75 Å².